The van der Waals surface area contributed by atoms with Gasteiger partial charge in [0.15, 0.2) is 5.82 Å². The van der Waals surface area contributed by atoms with Crippen molar-refractivity contribution in [2.75, 3.05) is 50.6 Å². The summed E-state index contributed by atoms with van der Waals surface area (Å²) in [5, 5.41) is 3.44. The Hall–Kier alpha value is -2.85. The fourth-order valence-electron chi connectivity index (χ4n) is 5.36. The third kappa shape index (κ3) is 5.15. The van der Waals surface area contributed by atoms with E-state index in [1.165, 1.54) is 17.4 Å². The molecule has 1 saturated carbocycles. The van der Waals surface area contributed by atoms with Crippen molar-refractivity contribution < 1.29 is 13.5 Å². The highest BCUT2D eigenvalue weighted by atomic mass is 19.3. The maximum atomic E-state index is 14.1. The Labute approximate surface area is 210 Å². The number of anilines is 2. The number of alkyl halides is 2. The number of rotatable bonds is 7. The highest BCUT2D eigenvalue weighted by Gasteiger charge is 2.26. The average Bonchev–Trinajstić information content (AvgIpc) is 3.28. The summed E-state index contributed by atoms with van der Waals surface area (Å²) in [6.07, 6.45) is 1.90. The van der Waals surface area contributed by atoms with Gasteiger partial charge >= 0.3 is 0 Å². The Balaban J connectivity index is 1.48. The van der Waals surface area contributed by atoms with Gasteiger partial charge in [0.05, 0.1) is 30.3 Å². The molecule has 1 aliphatic carbocycles. The first-order valence-electron chi connectivity index (χ1n) is 12.8. The van der Waals surface area contributed by atoms with Crippen LogP contribution in [0.3, 0.4) is 0 Å². The molecule has 5 rings (SSSR count). The second-order valence-electron chi connectivity index (χ2n) is 10.1. The first-order valence-corrected chi connectivity index (χ1v) is 12.8. The summed E-state index contributed by atoms with van der Waals surface area (Å²) in [6.45, 7) is 4.70. The van der Waals surface area contributed by atoms with Crippen LogP contribution in [-0.4, -0.2) is 76.9 Å². The Bertz CT molecular complexity index is 1180. The molecule has 194 valence electrons. The van der Waals surface area contributed by atoms with Gasteiger partial charge in [-0.1, -0.05) is 12.1 Å². The van der Waals surface area contributed by atoms with Gasteiger partial charge in [-0.3, -0.25) is 4.57 Å². The zero-order chi connectivity index (χ0) is 25.2. The minimum atomic E-state index is -2.73. The minimum Gasteiger partial charge on any atom is -0.377 e. The van der Waals surface area contributed by atoms with Gasteiger partial charge in [-0.05, 0) is 64.8 Å². The standard InChI is InChI=1S/C26H35F2N7O/c1-17-16-36-13-12-34(17)22-14-23(35-21-7-5-4-6-20(21)30-25(35)24(27)28)32-26(31-22)29-15-18-8-10-19(11-9-18)33(2)3/h4-7,14,17-19,24H,8-13,15-16H2,1-3H3,(H,29,31,32)/t17-,18-,19-/m0/s1. The first kappa shape index (κ1) is 24.8. The van der Waals surface area contributed by atoms with Gasteiger partial charge in [0.2, 0.25) is 5.95 Å². The van der Waals surface area contributed by atoms with Crippen LogP contribution in [0.5, 0.6) is 0 Å². The highest BCUT2D eigenvalue weighted by Crippen LogP contribution is 2.31. The second kappa shape index (κ2) is 10.6. The number of imidazole rings is 1. The number of fused-ring (bicyclic) bond motifs is 1. The van der Waals surface area contributed by atoms with E-state index in [0.717, 1.165) is 19.4 Å². The van der Waals surface area contributed by atoms with E-state index in [1.807, 2.05) is 6.07 Å². The third-order valence-electron chi connectivity index (χ3n) is 7.47. The third-order valence-corrected chi connectivity index (χ3v) is 7.47. The maximum absolute atomic E-state index is 14.1. The van der Waals surface area contributed by atoms with Crippen LogP contribution in [0.1, 0.15) is 44.9 Å². The summed E-state index contributed by atoms with van der Waals surface area (Å²) in [6, 6.07) is 9.70. The van der Waals surface area contributed by atoms with Crippen LogP contribution in [0.4, 0.5) is 20.5 Å². The number of ether oxygens (including phenoxy) is 1. The molecule has 8 nitrogen and oxygen atoms in total. The van der Waals surface area contributed by atoms with E-state index >= 15 is 0 Å². The van der Waals surface area contributed by atoms with E-state index in [0.29, 0.717) is 60.3 Å². The van der Waals surface area contributed by atoms with E-state index < -0.39 is 6.43 Å². The number of para-hydroxylation sites is 2. The normalized spacial score (nSPS) is 23.1. The molecule has 0 radical (unpaired) electrons. The Morgan fingerprint density at radius 1 is 1.08 bits per heavy atom. The summed E-state index contributed by atoms with van der Waals surface area (Å²) < 4.78 is 35.2. The molecule has 3 heterocycles. The van der Waals surface area contributed by atoms with Crippen LogP contribution in [0.2, 0.25) is 0 Å². The lowest BCUT2D eigenvalue weighted by molar-refractivity contribution is 0.0985. The summed E-state index contributed by atoms with van der Waals surface area (Å²) in [5.74, 6) is 1.76. The smallest absolute Gasteiger partial charge is 0.296 e. The Morgan fingerprint density at radius 2 is 1.83 bits per heavy atom. The monoisotopic (exact) mass is 499 g/mol. The predicted octanol–water partition coefficient (Wildman–Crippen LogP) is 4.51. The maximum Gasteiger partial charge on any atom is 0.296 e. The molecular weight excluding hydrogens is 464 g/mol. The van der Waals surface area contributed by atoms with E-state index in [9.17, 15) is 8.78 Å². The lowest BCUT2D eigenvalue weighted by Crippen LogP contribution is -2.44. The molecule has 36 heavy (non-hydrogen) atoms. The summed E-state index contributed by atoms with van der Waals surface area (Å²) in [5.41, 5.74) is 1.11. The van der Waals surface area contributed by atoms with Crippen molar-refractivity contribution in [3.63, 3.8) is 0 Å². The van der Waals surface area contributed by atoms with Gasteiger partial charge in [0, 0.05) is 25.2 Å². The molecule has 1 aromatic carbocycles. The van der Waals surface area contributed by atoms with Crippen LogP contribution in [0, 0.1) is 5.92 Å². The Kier molecular flexibility index (Phi) is 7.34. The molecule has 1 N–H and O–H groups in total. The molecular formula is C26H35F2N7O. The van der Waals surface area contributed by atoms with E-state index in [1.54, 1.807) is 24.3 Å². The molecule has 0 amide bonds. The fraction of sp³-hybridized carbons (Fsp3) is 0.577. The van der Waals surface area contributed by atoms with Gasteiger partial charge in [0.25, 0.3) is 6.43 Å². The topological polar surface area (TPSA) is 71.3 Å². The molecule has 0 unspecified atom stereocenters. The van der Waals surface area contributed by atoms with Crippen molar-refractivity contribution in [3.8, 4) is 5.82 Å². The van der Waals surface area contributed by atoms with Crippen molar-refractivity contribution in [2.45, 2.75) is 51.1 Å². The van der Waals surface area contributed by atoms with Crippen LogP contribution in [0.15, 0.2) is 30.3 Å². The van der Waals surface area contributed by atoms with Crippen LogP contribution in [0.25, 0.3) is 16.9 Å². The van der Waals surface area contributed by atoms with Crippen molar-refractivity contribution in [3.05, 3.63) is 36.2 Å². The van der Waals surface area contributed by atoms with E-state index in [2.05, 4.69) is 41.1 Å². The largest absolute Gasteiger partial charge is 0.377 e. The van der Waals surface area contributed by atoms with Gasteiger partial charge in [-0.25, -0.2) is 13.8 Å². The molecule has 0 bridgehead atoms. The van der Waals surface area contributed by atoms with Gasteiger partial charge < -0.3 is 19.9 Å². The van der Waals surface area contributed by atoms with Crippen LogP contribution >= 0.6 is 0 Å². The SMILES string of the molecule is C[C@H]1COCCN1c1cc(-n2c(C(F)F)nc3ccccc32)nc(NC[C@H]2CC[C@H](N(C)C)CC2)n1. The first-order chi connectivity index (χ1) is 17.4. The highest BCUT2D eigenvalue weighted by molar-refractivity contribution is 5.78. The lowest BCUT2D eigenvalue weighted by Gasteiger charge is -2.34. The van der Waals surface area contributed by atoms with Crippen molar-refractivity contribution in [1.82, 2.24) is 24.4 Å². The van der Waals surface area contributed by atoms with E-state index in [-0.39, 0.29) is 11.9 Å². The van der Waals surface area contributed by atoms with Crippen molar-refractivity contribution >= 4 is 22.8 Å². The molecule has 0 spiro atoms. The zero-order valence-electron chi connectivity index (χ0n) is 21.2. The average molecular weight is 500 g/mol. The number of hydrogen-bond acceptors (Lipinski definition) is 7. The molecule has 10 heteroatoms. The number of hydrogen-bond donors (Lipinski definition) is 1. The van der Waals surface area contributed by atoms with Gasteiger partial charge in [-0.2, -0.15) is 9.97 Å². The van der Waals surface area contributed by atoms with Gasteiger partial charge in [0.1, 0.15) is 11.6 Å². The lowest BCUT2D eigenvalue weighted by atomic mass is 9.85. The van der Waals surface area contributed by atoms with Gasteiger partial charge in [-0.15, -0.1) is 0 Å². The molecule has 2 fully saturated rings. The number of aromatic nitrogens is 4. The van der Waals surface area contributed by atoms with Crippen LogP contribution in [-0.2, 0) is 4.74 Å². The number of halogens is 2. The molecule has 2 aliphatic rings. The number of morpholine rings is 1. The Morgan fingerprint density at radius 3 is 2.56 bits per heavy atom. The summed E-state index contributed by atoms with van der Waals surface area (Å²) in [4.78, 5) is 18.2. The van der Waals surface area contributed by atoms with Crippen molar-refractivity contribution in [1.29, 1.82) is 0 Å². The number of nitrogens with zero attached hydrogens (tertiary/aromatic N) is 6. The second-order valence-corrected chi connectivity index (χ2v) is 10.1. The fourth-order valence-corrected chi connectivity index (χ4v) is 5.36. The predicted molar refractivity (Wildman–Crippen MR) is 137 cm³/mol. The summed E-state index contributed by atoms with van der Waals surface area (Å²) >= 11 is 0. The van der Waals surface area contributed by atoms with Crippen LogP contribution < -0.4 is 10.2 Å². The number of nitrogens with one attached hydrogen (secondary N) is 1. The van der Waals surface area contributed by atoms with E-state index in [4.69, 9.17) is 14.7 Å². The number of benzene rings is 1. The molecule has 1 atom stereocenters. The molecule has 1 aliphatic heterocycles. The van der Waals surface area contributed by atoms with Crippen molar-refractivity contribution in [2.24, 2.45) is 5.92 Å². The minimum absolute atomic E-state index is 0.116. The zero-order valence-corrected chi connectivity index (χ0v) is 21.2. The summed E-state index contributed by atoms with van der Waals surface area (Å²) in [7, 11) is 4.29. The molecule has 2 aromatic heterocycles. The quantitative estimate of drug-likeness (QED) is 0.513. The molecule has 3 aromatic rings. The molecule has 1 saturated heterocycles.